The van der Waals surface area contributed by atoms with Gasteiger partial charge < -0.3 is 20.2 Å². The molecule has 2 amide bonds. The Morgan fingerprint density at radius 2 is 1.79 bits per heavy atom. The third-order valence-electron chi connectivity index (χ3n) is 7.05. The van der Waals surface area contributed by atoms with Crippen molar-refractivity contribution < 1.29 is 27.9 Å². The predicted molar refractivity (Wildman–Crippen MR) is 121 cm³/mol. The largest absolute Gasteiger partial charge is 0.396 e. The first-order chi connectivity index (χ1) is 16.2. The monoisotopic (exact) mass is 475 g/mol. The van der Waals surface area contributed by atoms with Gasteiger partial charge in [-0.1, -0.05) is 0 Å². The van der Waals surface area contributed by atoms with Crippen LogP contribution in [0.25, 0.3) is 0 Å². The molecule has 2 aliphatic rings. The average Bonchev–Trinajstić information content (AvgIpc) is 2.82. The van der Waals surface area contributed by atoms with Crippen molar-refractivity contribution in [1.82, 2.24) is 10.2 Å². The maximum absolute atomic E-state index is 14.2. The van der Waals surface area contributed by atoms with Crippen LogP contribution in [-0.2, 0) is 13.0 Å². The van der Waals surface area contributed by atoms with E-state index in [1.54, 1.807) is 11.0 Å². The Kier molecular flexibility index (Phi) is 6.84. The van der Waals surface area contributed by atoms with Gasteiger partial charge in [0.2, 0.25) is 0 Å². The number of halogens is 3. The summed E-state index contributed by atoms with van der Waals surface area (Å²) < 4.78 is 41.7. The Morgan fingerprint density at radius 3 is 2.50 bits per heavy atom. The molecule has 4 rings (SSSR count). The fourth-order valence-corrected chi connectivity index (χ4v) is 4.95. The molecule has 0 aromatic heterocycles. The molecule has 2 aromatic rings. The van der Waals surface area contributed by atoms with Crippen LogP contribution in [-0.4, -0.2) is 54.1 Å². The molecular formula is C25H28F3N3O3. The van der Waals surface area contributed by atoms with Gasteiger partial charge in [-0.2, -0.15) is 0 Å². The molecule has 0 radical (unpaired) electrons. The van der Waals surface area contributed by atoms with Gasteiger partial charge in [-0.25, -0.2) is 18.0 Å². The molecule has 182 valence electrons. The van der Waals surface area contributed by atoms with E-state index in [0.29, 0.717) is 49.2 Å². The number of fused-ring (bicyclic) bond motifs is 1. The molecule has 6 nitrogen and oxygen atoms in total. The smallest absolute Gasteiger partial charge is 0.317 e. The molecule has 9 heteroatoms. The minimum absolute atomic E-state index is 0.0873. The normalized spacial score (nSPS) is 17.1. The van der Waals surface area contributed by atoms with E-state index in [2.05, 4.69) is 5.32 Å². The van der Waals surface area contributed by atoms with Crippen molar-refractivity contribution in [2.24, 2.45) is 0 Å². The number of amides is 2. The fraction of sp³-hybridized carbons (Fsp3) is 0.440. The number of aliphatic hydroxyl groups is 1. The second kappa shape index (κ2) is 9.66. The van der Waals surface area contributed by atoms with Gasteiger partial charge in [0.1, 0.15) is 17.5 Å². The third-order valence-corrected chi connectivity index (χ3v) is 7.05. The van der Waals surface area contributed by atoms with E-state index in [0.717, 1.165) is 6.07 Å². The zero-order valence-electron chi connectivity index (χ0n) is 19.0. The lowest BCUT2D eigenvalue weighted by molar-refractivity contribution is 0.0890. The number of ketones is 1. The Hall–Kier alpha value is -3.07. The van der Waals surface area contributed by atoms with Crippen LogP contribution in [0.1, 0.15) is 47.2 Å². The summed E-state index contributed by atoms with van der Waals surface area (Å²) in [4.78, 5) is 29.1. The number of urea groups is 1. The van der Waals surface area contributed by atoms with E-state index < -0.39 is 23.0 Å². The minimum atomic E-state index is -0.736. The molecule has 2 aliphatic heterocycles. The van der Waals surface area contributed by atoms with Gasteiger partial charge in [0.15, 0.2) is 5.78 Å². The van der Waals surface area contributed by atoms with E-state index >= 15 is 0 Å². The molecule has 0 saturated carbocycles. The standard InChI is InChI=1S/C25H28F3N3O3/c1-30-22-5-4-18(26)12-19(22)23(33)14-25(30)6-8-31(9-7-25)24(34)29-15-17-11-16(3-2-10-32)20(27)13-21(17)28/h4-5,11-13,32H,2-3,6-10,14-15H2,1H3,(H,29,34). The molecule has 0 aliphatic carbocycles. The summed E-state index contributed by atoms with van der Waals surface area (Å²) in [6.45, 7) is 0.639. The van der Waals surface area contributed by atoms with E-state index in [1.807, 2.05) is 11.9 Å². The lowest BCUT2D eigenvalue weighted by Crippen LogP contribution is -2.59. The second-order valence-corrected chi connectivity index (χ2v) is 9.05. The highest BCUT2D eigenvalue weighted by Gasteiger charge is 2.45. The van der Waals surface area contributed by atoms with Crippen LogP contribution in [0.2, 0.25) is 0 Å². The van der Waals surface area contributed by atoms with E-state index in [1.165, 1.54) is 18.2 Å². The number of carbonyl (C=O) groups excluding carboxylic acids is 2. The van der Waals surface area contributed by atoms with Gasteiger partial charge in [-0.15, -0.1) is 0 Å². The number of hydrogen-bond donors (Lipinski definition) is 2. The summed E-state index contributed by atoms with van der Waals surface area (Å²) >= 11 is 0. The van der Waals surface area contributed by atoms with Crippen molar-refractivity contribution in [1.29, 1.82) is 0 Å². The maximum Gasteiger partial charge on any atom is 0.317 e. The molecule has 0 unspecified atom stereocenters. The van der Waals surface area contributed by atoms with Crippen molar-refractivity contribution in [3.05, 3.63) is 64.5 Å². The van der Waals surface area contributed by atoms with Crippen LogP contribution >= 0.6 is 0 Å². The van der Waals surface area contributed by atoms with Crippen LogP contribution in [0.4, 0.5) is 23.7 Å². The minimum Gasteiger partial charge on any atom is -0.396 e. The van der Waals surface area contributed by atoms with E-state index in [9.17, 15) is 22.8 Å². The number of likely N-dealkylation sites (tertiary alicyclic amines) is 1. The van der Waals surface area contributed by atoms with Gasteiger partial charge in [-0.3, -0.25) is 4.79 Å². The number of piperidine rings is 1. The number of nitrogens with zero attached hydrogens (tertiary/aromatic N) is 2. The van der Waals surface area contributed by atoms with Crippen LogP contribution in [0.5, 0.6) is 0 Å². The van der Waals surface area contributed by atoms with Crippen molar-refractivity contribution >= 4 is 17.5 Å². The molecule has 0 bridgehead atoms. The SMILES string of the molecule is CN1c2ccc(F)cc2C(=O)CC12CCN(C(=O)NCc1cc(CCCO)c(F)cc1F)CC2. The summed E-state index contributed by atoms with van der Waals surface area (Å²) in [7, 11) is 1.89. The summed E-state index contributed by atoms with van der Waals surface area (Å²) in [6, 6.07) is 6.06. The van der Waals surface area contributed by atoms with E-state index in [4.69, 9.17) is 5.11 Å². The Labute approximate surface area is 196 Å². The first-order valence-corrected chi connectivity index (χ1v) is 11.4. The fourth-order valence-electron chi connectivity index (χ4n) is 4.95. The predicted octanol–water partition coefficient (Wildman–Crippen LogP) is 3.80. The van der Waals surface area contributed by atoms with Gasteiger partial charge >= 0.3 is 6.03 Å². The summed E-state index contributed by atoms with van der Waals surface area (Å²) in [6.07, 6.45) is 2.03. The lowest BCUT2D eigenvalue weighted by Gasteiger charge is -2.50. The number of benzene rings is 2. The first kappa shape index (κ1) is 24.1. The molecule has 1 fully saturated rings. The van der Waals surface area contributed by atoms with Crippen molar-refractivity contribution in [3.8, 4) is 0 Å². The highest BCUT2D eigenvalue weighted by atomic mass is 19.1. The zero-order chi connectivity index (χ0) is 24.5. The number of aryl methyl sites for hydroxylation is 1. The number of anilines is 1. The molecular weight excluding hydrogens is 447 g/mol. The molecule has 0 atom stereocenters. The maximum atomic E-state index is 14.2. The quantitative estimate of drug-likeness (QED) is 0.690. The lowest BCUT2D eigenvalue weighted by atomic mass is 9.77. The Bertz CT molecular complexity index is 1100. The number of rotatable bonds is 5. The molecule has 2 aromatic carbocycles. The van der Waals surface area contributed by atoms with Gasteiger partial charge in [-0.05, 0) is 55.5 Å². The third kappa shape index (κ3) is 4.61. The molecule has 1 saturated heterocycles. The second-order valence-electron chi connectivity index (χ2n) is 9.05. The summed E-state index contributed by atoms with van der Waals surface area (Å²) in [5.74, 6) is -1.95. The highest BCUT2D eigenvalue weighted by Crippen LogP contribution is 2.42. The van der Waals surface area contributed by atoms with Crippen LogP contribution in [0, 0.1) is 17.5 Å². The number of nitrogens with one attached hydrogen (secondary N) is 1. The zero-order valence-corrected chi connectivity index (χ0v) is 19.0. The number of Topliss-reactive ketones (excluding diaryl/α,β-unsaturated/α-hetero) is 1. The topological polar surface area (TPSA) is 72.9 Å². The molecule has 2 N–H and O–H groups in total. The first-order valence-electron chi connectivity index (χ1n) is 11.4. The molecule has 1 spiro atoms. The van der Waals surface area contributed by atoms with Gasteiger partial charge in [0.05, 0.1) is 5.54 Å². The van der Waals surface area contributed by atoms with Crippen molar-refractivity contribution in [2.45, 2.75) is 44.2 Å². The summed E-state index contributed by atoms with van der Waals surface area (Å²) in [5.41, 5.74) is 1.11. The average molecular weight is 476 g/mol. The van der Waals surface area contributed by atoms with Crippen molar-refractivity contribution in [2.75, 3.05) is 31.6 Å². The number of aliphatic hydroxyl groups excluding tert-OH is 1. The van der Waals surface area contributed by atoms with Crippen LogP contribution in [0.3, 0.4) is 0 Å². The number of carbonyl (C=O) groups is 2. The highest BCUT2D eigenvalue weighted by molar-refractivity contribution is 6.04. The Balaban J connectivity index is 1.38. The summed E-state index contributed by atoms with van der Waals surface area (Å²) in [5, 5.41) is 11.6. The van der Waals surface area contributed by atoms with Gasteiger partial charge in [0.25, 0.3) is 0 Å². The van der Waals surface area contributed by atoms with Crippen LogP contribution < -0.4 is 10.2 Å². The molecule has 2 heterocycles. The van der Waals surface area contributed by atoms with Crippen LogP contribution in [0.15, 0.2) is 30.3 Å². The molecule has 34 heavy (non-hydrogen) atoms. The van der Waals surface area contributed by atoms with Crippen molar-refractivity contribution in [3.63, 3.8) is 0 Å². The van der Waals surface area contributed by atoms with Gasteiger partial charge in [0, 0.05) is 62.6 Å². The van der Waals surface area contributed by atoms with E-state index in [-0.39, 0.29) is 43.4 Å². The number of hydrogen-bond acceptors (Lipinski definition) is 4. The Morgan fingerprint density at radius 1 is 1.09 bits per heavy atom.